The summed E-state index contributed by atoms with van der Waals surface area (Å²) in [5.74, 6) is -0.224. The molecule has 1 unspecified atom stereocenters. The zero-order chi connectivity index (χ0) is 15.0. The number of anilines is 1. The van der Waals surface area contributed by atoms with Gasteiger partial charge in [0.05, 0.1) is 11.0 Å². The SMILES string of the molecule is Cc1c(F)cccc1NC(C)c1ccc2[nH]c(=O)[nH]c2c1. The minimum Gasteiger partial charge on any atom is -0.378 e. The lowest BCUT2D eigenvalue weighted by atomic mass is 10.1. The fraction of sp³-hybridized carbons (Fsp3) is 0.188. The van der Waals surface area contributed by atoms with Gasteiger partial charge in [0.25, 0.3) is 0 Å². The lowest BCUT2D eigenvalue weighted by Gasteiger charge is -2.17. The van der Waals surface area contributed by atoms with E-state index in [-0.39, 0.29) is 17.5 Å². The molecule has 3 N–H and O–H groups in total. The molecule has 1 atom stereocenters. The molecule has 3 rings (SSSR count). The van der Waals surface area contributed by atoms with E-state index in [4.69, 9.17) is 0 Å². The molecule has 0 aliphatic carbocycles. The van der Waals surface area contributed by atoms with Crippen molar-refractivity contribution in [3.8, 4) is 0 Å². The summed E-state index contributed by atoms with van der Waals surface area (Å²) in [6, 6.07) is 10.7. The number of hydrogen-bond donors (Lipinski definition) is 3. The quantitative estimate of drug-likeness (QED) is 0.690. The van der Waals surface area contributed by atoms with Crippen LogP contribution in [-0.4, -0.2) is 9.97 Å². The minimum absolute atomic E-state index is 0.00620. The Morgan fingerprint density at radius 2 is 1.90 bits per heavy atom. The highest BCUT2D eigenvalue weighted by Crippen LogP contribution is 2.24. The molecule has 0 aliphatic rings. The topological polar surface area (TPSA) is 60.7 Å². The van der Waals surface area contributed by atoms with Crippen LogP contribution in [0, 0.1) is 12.7 Å². The normalized spacial score (nSPS) is 12.5. The summed E-state index contributed by atoms with van der Waals surface area (Å²) < 4.78 is 13.6. The number of benzene rings is 2. The van der Waals surface area contributed by atoms with Crippen molar-refractivity contribution in [1.82, 2.24) is 9.97 Å². The van der Waals surface area contributed by atoms with E-state index in [1.54, 1.807) is 13.0 Å². The predicted molar refractivity (Wildman–Crippen MR) is 82.1 cm³/mol. The molecule has 4 nitrogen and oxygen atoms in total. The second kappa shape index (κ2) is 5.09. The first-order valence-electron chi connectivity index (χ1n) is 6.78. The molecule has 0 spiro atoms. The molecule has 0 aliphatic heterocycles. The van der Waals surface area contributed by atoms with E-state index in [0.29, 0.717) is 5.56 Å². The zero-order valence-corrected chi connectivity index (χ0v) is 11.8. The van der Waals surface area contributed by atoms with Crippen molar-refractivity contribution in [1.29, 1.82) is 0 Å². The van der Waals surface area contributed by atoms with Crippen molar-refractivity contribution in [2.45, 2.75) is 19.9 Å². The first kappa shape index (κ1) is 13.4. The monoisotopic (exact) mass is 285 g/mol. The van der Waals surface area contributed by atoms with Gasteiger partial charge in [-0.1, -0.05) is 12.1 Å². The summed E-state index contributed by atoms with van der Waals surface area (Å²) in [6.45, 7) is 3.74. The van der Waals surface area contributed by atoms with Crippen molar-refractivity contribution in [2.75, 3.05) is 5.32 Å². The molecule has 21 heavy (non-hydrogen) atoms. The van der Waals surface area contributed by atoms with E-state index in [2.05, 4.69) is 15.3 Å². The van der Waals surface area contributed by atoms with Crippen LogP contribution < -0.4 is 11.0 Å². The molecule has 0 bridgehead atoms. The number of imidazole rings is 1. The van der Waals surface area contributed by atoms with E-state index in [0.717, 1.165) is 22.3 Å². The highest BCUT2D eigenvalue weighted by Gasteiger charge is 2.10. The summed E-state index contributed by atoms with van der Waals surface area (Å²) in [5, 5.41) is 3.30. The third kappa shape index (κ3) is 2.54. The Bertz CT molecular complexity index is 850. The zero-order valence-electron chi connectivity index (χ0n) is 11.8. The van der Waals surface area contributed by atoms with Gasteiger partial charge in [-0.25, -0.2) is 9.18 Å². The van der Waals surface area contributed by atoms with Crippen molar-refractivity contribution < 1.29 is 4.39 Å². The molecule has 0 saturated carbocycles. The lowest BCUT2D eigenvalue weighted by Crippen LogP contribution is -2.08. The number of rotatable bonds is 3. The first-order valence-corrected chi connectivity index (χ1v) is 6.78. The van der Waals surface area contributed by atoms with Gasteiger partial charge in [0.15, 0.2) is 0 Å². The molecule has 2 aromatic carbocycles. The minimum atomic E-state index is -0.224. The van der Waals surface area contributed by atoms with Gasteiger partial charge in [-0.05, 0) is 43.7 Å². The predicted octanol–water partition coefficient (Wildman–Crippen LogP) is 3.48. The van der Waals surface area contributed by atoms with Crippen molar-refractivity contribution in [3.63, 3.8) is 0 Å². The molecular formula is C16H16FN3O. The highest BCUT2D eigenvalue weighted by molar-refractivity contribution is 5.75. The molecular weight excluding hydrogens is 269 g/mol. The van der Waals surface area contributed by atoms with E-state index in [1.165, 1.54) is 6.07 Å². The standard InChI is InChI=1S/C16H16FN3O/c1-9-12(17)4-3-5-13(9)18-10(2)11-6-7-14-15(8-11)20-16(21)19-14/h3-8,10,18H,1-2H3,(H2,19,20,21). The number of H-pyrrole nitrogens is 2. The first-order chi connectivity index (χ1) is 10.0. The van der Waals surface area contributed by atoms with Gasteiger partial charge < -0.3 is 15.3 Å². The lowest BCUT2D eigenvalue weighted by molar-refractivity contribution is 0.618. The Morgan fingerprint density at radius 3 is 2.71 bits per heavy atom. The summed E-state index contributed by atoms with van der Waals surface area (Å²) in [4.78, 5) is 16.7. The van der Waals surface area contributed by atoms with Crippen molar-refractivity contribution >= 4 is 16.7 Å². The Hall–Kier alpha value is -2.56. The molecule has 1 heterocycles. The van der Waals surface area contributed by atoms with Crippen LogP contribution in [0.1, 0.15) is 24.1 Å². The largest absolute Gasteiger partial charge is 0.378 e. The van der Waals surface area contributed by atoms with Crippen LogP contribution in [-0.2, 0) is 0 Å². The highest BCUT2D eigenvalue weighted by atomic mass is 19.1. The van der Waals surface area contributed by atoms with Crippen LogP contribution in [0.4, 0.5) is 10.1 Å². The average molecular weight is 285 g/mol. The molecule has 3 aromatic rings. The van der Waals surface area contributed by atoms with E-state index in [1.807, 2.05) is 31.2 Å². The maximum atomic E-state index is 13.6. The van der Waals surface area contributed by atoms with Crippen LogP contribution in [0.3, 0.4) is 0 Å². The number of halogens is 1. The van der Waals surface area contributed by atoms with Crippen molar-refractivity contribution in [2.24, 2.45) is 0 Å². The number of aromatic amines is 2. The Morgan fingerprint density at radius 1 is 1.14 bits per heavy atom. The summed E-state index contributed by atoms with van der Waals surface area (Å²) in [6.07, 6.45) is 0. The van der Waals surface area contributed by atoms with Gasteiger partial charge in [0.2, 0.25) is 0 Å². The number of fused-ring (bicyclic) bond motifs is 1. The second-order valence-electron chi connectivity index (χ2n) is 5.16. The second-order valence-corrected chi connectivity index (χ2v) is 5.16. The smallest absolute Gasteiger partial charge is 0.323 e. The maximum absolute atomic E-state index is 13.6. The van der Waals surface area contributed by atoms with Crippen LogP contribution in [0.15, 0.2) is 41.2 Å². The third-order valence-corrected chi connectivity index (χ3v) is 3.68. The van der Waals surface area contributed by atoms with Crippen LogP contribution in [0.5, 0.6) is 0 Å². The number of hydrogen-bond acceptors (Lipinski definition) is 2. The van der Waals surface area contributed by atoms with Gasteiger partial charge in [-0.15, -0.1) is 0 Å². The summed E-state index contributed by atoms with van der Waals surface area (Å²) in [7, 11) is 0. The molecule has 0 radical (unpaired) electrons. The van der Waals surface area contributed by atoms with Crippen LogP contribution in [0.2, 0.25) is 0 Å². The molecule has 1 aromatic heterocycles. The van der Waals surface area contributed by atoms with Gasteiger partial charge in [-0.3, -0.25) is 0 Å². The molecule has 0 saturated heterocycles. The fourth-order valence-corrected chi connectivity index (χ4v) is 2.40. The number of nitrogens with one attached hydrogen (secondary N) is 3. The van der Waals surface area contributed by atoms with E-state index >= 15 is 0 Å². The van der Waals surface area contributed by atoms with Gasteiger partial charge in [0, 0.05) is 17.3 Å². The van der Waals surface area contributed by atoms with E-state index < -0.39 is 0 Å². The average Bonchev–Trinajstić information content (AvgIpc) is 2.82. The van der Waals surface area contributed by atoms with Gasteiger partial charge >= 0.3 is 5.69 Å². The summed E-state index contributed by atoms with van der Waals surface area (Å²) in [5.41, 5.74) is 3.70. The molecule has 108 valence electrons. The Labute approximate surface area is 121 Å². The summed E-state index contributed by atoms with van der Waals surface area (Å²) >= 11 is 0. The Kier molecular flexibility index (Phi) is 3.25. The van der Waals surface area contributed by atoms with Gasteiger partial charge in [0.1, 0.15) is 5.82 Å². The maximum Gasteiger partial charge on any atom is 0.323 e. The Balaban J connectivity index is 1.91. The molecule has 0 amide bonds. The molecule has 0 fully saturated rings. The van der Waals surface area contributed by atoms with Crippen LogP contribution in [0.25, 0.3) is 11.0 Å². The van der Waals surface area contributed by atoms with E-state index in [9.17, 15) is 9.18 Å². The third-order valence-electron chi connectivity index (χ3n) is 3.68. The van der Waals surface area contributed by atoms with Crippen molar-refractivity contribution in [3.05, 3.63) is 63.8 Å². The fourth-order valence-electron chi connectivity index (χ4n) is 2.40. The molecule has 5 heteroatoms. The number of aromatic nitrogens is 2. The van der Waals surface area contributed by atoms with Gasteiger partial charge in [-0.2, -0.15) is 0 Å². The van der Waals surface area contributed by atoms with Crippen LogP contribution >= 0.6 is 0 Å².